The van der Waals surface area contributed by atoms with Gasteiger partial charge in [0.05, 0.1) is 11.6 Å². The van der Waals surface area contributed by atoms with Gasteiger partial charge in [0, 0.05) is 29.9 Å². The summed E-state index contributed by atoms with van der Waals surface area (Å²) in [6.45, 7) is 2.50. The van der Waals surface area contributed by atoms with Crippen molar-refractivity contribution in [2.75, 3.05) is 11.9 Å². The van der Waals surface area contributed by atoms with E-state index in [1.807, 2.05) is 6.07 Å². The molecule has 0 saturated heterocycles. The number of fused-ring (bicyclic) bond motifs is 1. The van der Waals surface area contributed by atoms with Crippen LogP contribution in [-0.4, -0.2) is 29.4 Å². The minimum absolute atomic E-state index is 0.128. The van der Waals surface area contributed by atoms with Gasteiger partial charge in [-0.2, -0.15) is 5.26 Å². The smallest absolute Gasteiger partial charge is 0.263 e. The molecule has 1 atom stereocenters. The molecule has 0 saturated carbocycles. The Morgan fingerprint density at radius 3 is 2.58 bits per heavy atom. The minimum atomic E-state index is -0.640. The zero-order valence-corrected chi connectivity index (χ0v) is 18.0. The van der Waals surface area contributed by atoms with Gasteiger partial charge in [0.1, 0.15) is 11.6 Å². The van der Waals surface area contributed by atoms with Gasteiger partial charge in [-0.1, -0.05) is 12.1 Å². The number of benzene rings is 3. The molecule has 0 radical (unpaired) electrons. The van der Waals surface area contributed by atoms with Crippen LogP contribution in [0.4, 0.5) is 10.1 Å². The van der Waals surface area contributed by atoms with Crippen molar-refractivity contribution in [3.05, 3.63) is 94.8 Å². The number of ether oxygens (including phenoxy) is 1. The van der Waals surface area contributed by atoms with E-state index in [0.717, 1.165) is 11.1 Å². The number of carbonyl (C=O) groups excluding carboxylic acids is 2. The summed E-state index contributed by atoms with van der Waals surface area (Å²) in [7, 11) is 0. The molecule has 3 aromatic rings. The molecule has 1 aliphatic heterocycles. The predicted octanol–water partition coefficient (Wildman–Crippen LogP) is 4.30. The Labute approximate surface area is 191 Å². The van der Waals surface area contributed by atoms with E-state index in [0.29, 0.717) is 42.1 Å². The monoisotopic (exact) mass is 443 g/mol. The Balaban J connectivity index is 1.49. The highest BCUT2D eigenvalue weighted by molar-refractivity contribution is 6.04. The van der Waals surface area contributed by atoms with Crippen molar-refractivity contribution in [3.63, 3.8) is 0 Å². The van der Waals surface area contributed by atoms with Crippen LogP contribution in [0.1, 0.15) is 34.0 Å². The van der Waals surface area contributed by atoms with E-state index in [4.69, 9.17) is 10.00 Å². The molecule has 0 aliphatic carbocycles. The van der Waals surface area contributed by atoms with Crippen LogP contribution >= 0.6 is 0 Å². The fourth-order valence-corrected chi connectivity index (χ4v) is 3.68. The van der Waals surface area contributed by atoms with Crippen molar-refractivity contribution in [3.8, 4) is 11.8 Å². The Kier molecular flexibility index (Phi) is 6.36. The summed E-state index contributed by atoms with van der Waals surface area (Å²) in [4.78, 5) is 27.1. The zero-order valence-electron chi connectivity index (χ0n) is 18.0. The topological polar surface area (TPSA) is 82.4 Å². The average molecular weight is 443 g/mol. The van der Waals surface area contributed by atoms with Crippen LogP contribution < -0.4 is 10.1 Å². The van der Waals surface area contributed by atoms with Crippen molar-refractivity contribution in [1.29, 1.82) is 5.26 Å². The van der Waals surface area contributed by atoms with Gasteiger partial charge in [-0.3, -0.25) is 9.59 Å². The van der Waals surface area contributed by atoms with E-state index >= 15 is 0 Å². The second-order valence-corrected chi connectivity index (χ2v) is 7.86. The fraction of sp³-hybridized carbons (Fsp3) is 0.192. The van der Waals surface area contributed by atoms with Gasteiger partial charge < -0.3 is 15.0 Å². The maximum absolute atomic E-state index is 13.2. The highest BCUT2D eigenvalue weighted by atomic mass is 19.1. The lowest BCUT2D eigenvalue weighted by atomic mass is 10.1. The molecule has 3 aromatic carbocycles. The van der Waals surface area contributed by atoms with E-state index in [2.05, 4.69) is 5.32 Å². The van der Waals surface area contributed by atoms with Gasteiger partial charge in [-0.25, -0.2) is 4.39 Å². The van der Waals surface area contributed by atoms with Crippen molar-refractivity contribution in [1.82, 2.24) is 4.90 Å². The molecule has 33 heavy (non-hydrogen) atoms. The normalized spacial score (nSPS) is 15.1. The number of nitrogens with zero attached hydrogens (tertiary/aromatic N) is 2. The maximum Gasteiger partial charge on any atom is 0.263 e. The third-order valence-electron chi connectivity index (χ3n) is 5.50. The number of hydrogen-bond donors (Lipinski definition) is 1. The number of hydrogen-bond acceptors (Lipinski definition) is 4. The van der Waals surface area contributed by atoms with Crippen molar-refractivity contribution < 1.29 is 18.7 Å². The lowest BCUT2D eigenvalue weighted by molar-refractivity contribution is -0.137. The quantitative estimate of drug-likeness (QED) is 0.637. The largest absolute Gasteiger partial charge is 0.481 e. The molecule has 0 aromatic heterocycles. The number of rotatable bonds is 5. The van der Waals surface area contributed by atoms with E-state index in [9.17, 15) is 14.0 Å². The molecule has 7 heteroatoms. The molecular weight excluding hydrogens is 421 g/mol. The van der Waals surface area contributed by atoms with E-state index < -0.39 is 6.10 Å². The summed E-state index contributed by atoms with van der Waals surface area (Å²) in [6.07, 6.45) is -0.0537. The third-order valence-corrected chi connectivity index (χ3v) is 5.50. The van der Waals surface area contributed by atoms with Crippen LogP contribution in [0.25, 0.3) is 0 Å². The molecule has 1 aliphatic rings. The first-order chi connectivity index (χ1) is 15.9. The highest BCUT2D eigenvalue weighted by Crippen LogP contribution is 2.29. The second kappa shape index (κ2) is 9.53. The Hall–Kier alpha value is -4.18. The summed E-state index contributed by atoms with van der Waals surface area (Å²) in [6, 6.07) is 19.9. The van der Waals surface area contributed by atoms with E-state index in [1.165, 1.54) is 12.1 Å². The molecule has 0 fully saturated rings. The molecule has 2 amide bonds. The Bertz CT molecular complexity index is 1220. The summed E-state index contributed by atoms with van der Waals surface area (Å²) >= 11 is 0. The summed E-state index contributed by atoms with van der Waals surface area (Å²) in [5.41, 5.74) is 3.21. The van der Waals surface area contributed by atoms with Gasteiger partial charge in [-0.05, 0) is 73.5 Å². The first kappa shape index (κ1) is 22.0. The molecule has 4 rings (SSSR count). The van der Waals surface area contributed by atoms with Gasteiger partial charge in [0.15, 0.2) is 6.10 Å². The molecule has 6 nitrogen and oxygen atoms in total. The number of carbonyl (C=O) groups is 2. The minimum Gasteiger partial charge on any atom is -0.481 e. The number of amides is 2. The zero-order chi connectivity index (χ0) is 23.4. The van der Waals surface area contributed by atoms with Crippen LogP contribution in [-0.2, 0) is 17.8 Å². The predicted molar refractivity (Wildman–Crippen MR) is 121 cm³/mol. The van der Waals surface area contributed by atoms with Gasteiger partial charge in [-0.15, -0.1) is 0 Å². The number of nitrogens with one attached hydrogen (secondary N) is 1. The van der Waals surface area contributed by atoms with Crippen LogP contribution in [0, 0.1) is 17.1 Å². The standard InChI is InChI=1S/C26H22FN3O3/c1-17-26(32)30(13-12-18-4-8-22(27)9-5-18)16-21-14-23(10-11-24(21)33-17)29-25(31)20-6-2-19(15-28)3-7-20/h2-11,14,17H,12-13,16H2,1H3,(H,29,31)/t17-/m0/s1. The van der Waals surface area contributed by atoms with Crippen molar-refractivity contribution in [2.24, 2.45) is 0 Å². The molecule has 0 bridgehead atoms. The van der Waals surface area contributed by atoms with Gasteiger partial charge >= 0.3 is 0 Å². The average Bonchev–Trinajstić information content (AvgIpc) is 2.94. The lowest BCUT2D eigenvalue weighted by Gasteiger charge is -2.22. The molecule has 0 unspecified atom stereocenters. The summed E-state index contributed by atoms with van der Waals surface area (Å²) < 4.78 is 19.0. The van der Waals surface area contributed by atoms with Crippen molar-refractivity contribution in [2.45, 2.75) is 26.0 Å². The van der Waals surface area contributed by atoms with E-state index in [-0.39, 0.29) is 17.6 Å². The molecular formula is C26H22FN3O3. The maximum atomic E-state index is 13.2. The highest BCUT2D eigenvalue weighted by Gasteiger charge is 2.28. The summed E-state index contributed by atoms with van der Waals surface area (Å²) in [5, 5.41) is 11.8. The molecule has 1 N–H and O–H groups in total. The fourth-order valence-electron chi connectivity index (χ4n) is 3.68. The van der Waals surface area contributed by atoms with Crippen LogP contribution in [0.15, 0.2) is 66.7 Å². The first-order valence-corrected chi connectivity index (χ1v) is 10.6. The van der Waals surface area contributed by atoms with Crippen LogP contribution in [0.2, 0.25) is 0 Å². The van der Waals surface area contributed by atoms with Crippen molar-refractivity contribution >= 4 is 17.5 Å². The van der Waals surface area contributed by atoms with Crippen LogP contribution in [0.5, 0.6) is 5.75 Å². The SMILES string of the molecule is C[C@@H]1Oc2ccc(NC(=O)c3ccc(C#N)cc3)cc2CN(CCc2ccc(F)cc2)C1=O. The van der Waals surface area contributed by atoms with Gasteiger partial charge in [0.2, 0.25) is 0 Å². The summed E-state index contributed by atoms with van der Waals surface area (Å²) in [5.74, 6) is -0.129. The number of anilines is 1. The number of nitriles is 1. The Morgan fingerprint density at radius 1 is 1.15 bits per heavy atom. The number of halogens is 1. The lowest BCUT2D eigenvalue weighted by Crippen LogP contribution is -2.39. The van der Waals surface area contributed by atoms with Crippen LogP contribution in [0.3, 0.4) is 0 Å². The van der Waals surface area contributed by atoms with E-state index in [1.54, 1.807) is 66.4 Å². The second-order valence-electron chi connectivity index (χ2n) is 7.86. The van der Waals surface area contributed by atoms with Gasteiger partial charge in [0.25, 0.3) is 11.8 Å². The Morgan fingerprint density at radius 2 is 1.88 bits per heavy atom. The molecule has 1 heterocycles. The molecule has 0 spiro atoms. The third kappa shape index (κ3) is 5.18. The first-order valence-electron chi connectivity index (χ1n) is 10.6. The molecule has 166 valence electrons.